The fourth-order valence-electron chi connectivity index (χ4n) is 7.66. The van der Waals surface area contributed by atoms with Crippen LogP contribution >= 0.6 is 0 Å². The van der Waals surface area contributed by atoms with Crippen molar-refractivity contribution in [3.63, 3.8) is 0 Å². The summed E-state index contributed by atoms with van der Waals surface area (Å²) in [5.41, 5.74) is -6.95. The SMILES string of the molecule is CCCCCCCC(=O)O[C@@]1(O)C[C@H](OC(C)=O)[C@]2(C)C=C[C@@H](OC(C)=O)[C@@](C)(O)[C@@H]2[C@@H](OC(C)=O)[C@@]23OC2(C)C(=O)OC3C=C1C. The quantitative estimate of drug-likeness (QED) is 0.0868. The van der Waals surface area contributed by atoms with Gasteiger partial charge in [0.25, 0.3) is 0 Å². The van der Waals surface area contributed by atoms with E-state index in [0.29, 0.717) is 6.42 Å². The van der Waals surface area contributed by atoms with Crippen molar-refractivity contribution < 1.29 is 62.6 Å². The number of rotatable bonds is 10. The third-order valence-electron chi connectivity index (χ3n) is 10.2. The summed E-state index contributed by atoms with van der Waals surface area (Å²) in [5.74, 6) is -7.42. The van der Waals surface area contributed by atoms with Crippen molar-refractivity contribution in [1.29, 1.82) is 0 Å². The minimum absolute atomic E-state index is 0.0220. The van der Waals surface area contributed by atoms with Crippen LogP contribution in [-0.4, -0.2) is 87.1 Å². The van der Waals surface area contributed by atoms with Crippen LogP contribution in [0.2, 0.25) is 0 Å². The highest BCUT2D eigenvalue weighted by atomic mass is 16.7. The van der Waals surface area contributed by atoms with E-state index in [4.69, 9.17) is 28.4 Å². The maximum Gasteiger partial charge on any atom is 0.342 e. The van der Waals surface area contributed by atoms with Crippen LogP contribution in [0.15, 0.2) is 23.8 Å². The van der Waals surface area contributed by atoms with Gasteiger partial charge in [0.2, 0.25) is 5.79 Å². The average molecular weight is 665 g/mol. The zero-order valence-corrected chi connectivity index (χ0v) is 28.5. The molecule has 2 unspecified atom stereocenters. The van der Waals surface area contributed by atoms with Gasteiger partial charge < -0.3 is 38.6 Å². The first-order valence-corrected chi connectivity index (χ1v) is 16.3. The zero-order valence-electron chi connectivity index (χ0n) is 28.5. The van der Waals surface area contributed by atoms with Gasteiger partial charge >= 0.3 is 29.8 Å². The molecule has 262 valence electrons. The van der Waals surface area contributed by atoms with Crippen molar-refractivity contribution in [1.82, 2.24) is 0 Å². The molecule has 2 aliphatic carbocycles. The molecule has 2 saturated heterocycles. The maximum absolute atomic E-state index is 13.3. The van der Waals surface area contributed by atoms with Crippen LogP contribution in [-0.2, 0) is 52.4 Å². The van der Waals surface area contributed by atoms with E-state index in [1.165, 1.54) is 39.8 Å². The van der Waals surface area contributed by atoms with Gasteiger partial charge in [-0.2, -0.15) is 0 Å². The van der Waals surface area contributed by atoms with Crippen LogP contribution < -0.4 is 0 Å². The van der Waals surface area contributed by atoms with E-state index in [9.17, 15) is 34.2 Å². The molecule has 10 atom stereocenters. The summed E-state index contributed by atoms with van der Waals surface area (Å²) in [6.07, 6.45) is 2.81. The molecule has 0 aromatic carbocycles. The molecule has 47 heavy (non-hydrogen) atoms. The second kappa shape index (κ2) is 13.0. The van der Waals surface area contributed by atoms with Crippen LogP contribution in [0.3, 0.4) is 0 Å². The maximum atomic E-state index is 13.3. The lowest BCUT2D eigenvalue weighted by Crippen LogP contribution is -2.67. The van der Waals surface area contributed by atoms with Gasteiger partial charge in [-0.1, -0.05) is 45.6 Å². The lowest BCUT2D eigenvalue weighted by molar-refractivity contribution is -0.237. The van der Waals surface area contributed by atoms with Gasteiger partial charge in [0.15, 0.2) is 17.3 Å². The Labute approximate surface area is 274 Å². The molecule has 13 nitrogen and oxygen atoms in total. The molecule has 4 rings (SSSR count). The lowest BCUT2D eigenvalue weighted by atomic mass is 9.55. The van der Waals surface area contributed by atoms with Gasteiger partial charge in [0.05, 0.1) is 6.42 Å². The molecule has 0 aromatic rings. The molecule has 0 aromatic heterocycles. The smallest absolute Gasteiger partial charge is 0.342 e. The van der Waals surface area contributed by atoms with E-state index in [0.717, 1.165) is 39.5 Å². The van der Waals surface area contributed by atoms with Crippen molar-refractivity contribution in [2.75, 3.05) is 0 Å². The number of esters is 5. The number of epoxide rings is 1. The van der Waals surface area contributed by atoms with Crippen LogP contribution in [0.5, 0.6) is 0 Å². The van der Waals surface area contributed by atoms with Gasteiger partial charge in [-0.15, -0.1) is 0 Å². The summed E-state index contributed by atoms with van der Waals surface area (Å²) in [6, 6.07) is 0. The Morgan fingerprint density at radius 2 is 1.55 bits per heavy atom. The molecule has 13 heteroatoms. The molecular weight excluding hydrogens is 616 g/mol. The van der Waals surface area contributed by atoms with Crippen molar-refractivity contribution in [3.05, 3.63) is 23.8 Å². The Kier molecular flexibility index (Phi) is 10.1. The molecule has 0 bridgehead atoms. The average Bonchev–Trinajstić information content (AvgIpc) is 3.53. The van der Waals surface area contributed by atoms with Gasteiger partial charge in [0, 0.05) is 38.5 Å². The van der Waals surface area contributed by atoms with Gasteiger partial charge in [-0.25, -0.2) is 4.79 Å². The van der Waals surface area contributed by atoms with Crippen molar-refractivity contribution >= 4 is 29.8 Å². The van der Waals surface area contributed by atoms with Crippen molar-refractivity contribution in [2.24, 2.45) is 11.3 Å². The Balaban J connectivity index is 1.93. The molecule has 0 amide bonds. The summed E-state index contributed by atoms with van der Waals surface area (Å²) < 4.78 is 34.9. The first-order valence-electron chi connectivity index (χ1n) is 16.3. The summed E-state index contributed by atoms with van der Waals surface area (Å²) in [5, 5.41) is 24.5. The minimum atomic E-state index is -2.38. The standard InChI is InChI=1S/C34H48O13/c1-9-10-11-12-13-14-26(38)46-33(41)18-25(43-21(4)36)30(6)16-15-23(42-20(3)35)31(7,40)27(30)28(44-22(5)37)34-24(17-19(33)2)45-29(39)32(34,8)47-34/h15-17,23-25,27-28,40-41H,9-14,18H2,1-8H3/t23-,24?,25+,27-,28-,30+,31-,32?,33+,34-/m1/s1. The lowest BCUT2D eigenvalue weighted by Gasteiger charge is -2.55. The van der Waals surface area contributed by atoms with E-state index in [2.05, 4.69) is 6.92 Å². The molecule has 0 saturated carbocycles. The van der Waals surface area contributed by atoms with E-state index in [1.807, 2.05) is 0 Å². The van der Waals surface area contributed by atoms with E-state index >= 15 is 0 Å². The fraction of sp³-hybridized carbons (Fsp3) is 0.735. The first-order chi connectivity index (χ1) is 21.8. The molecular formula is C34H48O13. The molecule has 2 heterocycles. The zero-order chi connectivity index (χ0) is 35.2. The van der Waals surface area contributed by atoms with Crippen LogP contribution in [0.1, 0.15) is 100 Å². The predicted molar refractivity (Wildman–Crippen MR) is 163 cm³/mol. The minimum Gasteiger partial charge on any atom is -0.461 e. The van der Waals surface area contributed by atoms with Crippen LogP contribution in [0, 0.1) is 11.3 Å². The van der Waals surface area contributed by atoms with Crippen molar-refractivity contribution in [3.8, 4) is 0 Å². The monoisotopic (exact) mass is 664 g/mol. The Hall–Kier alpha value is -3.29. The third-order valence-corrected chi connectivity index (χ3v) is 10.2. The van der Waals surface area contributed by atoms with E-state index in [-0.39, 0.29) is 12.0 Å². The van der Waals surface area contributed by atoms with E-state index < -0.39 is 94.6 Å². The summed E-state index contributed by atoms with van der Waals surface area (Å²) in [4.78, 5) is 64.0. The number of carbonyl (C=O) groups is 5. The second-order valence-corrected chi connectivity index (χ2v) is 13.8. The van der Waals surface area contributed by atoms with Crippen LogP contribution in [0.4, 0.5) is 0 Å². The number of aliphatic hydroxyl groups is 2. The molecule has 4 aliphatic rings. The molecule has 2 N–H and O–H groups in total. The second-order valence-electron chi connectivity index (χ2n) is 13.8. The third kappa shape index (κ3) is 6.46. The molecule has 2 aliphatic heterocycles. The van der Waals surface area contributed by atoms with Gasteiger partial charge in [-0.05, 0) is 44.9 Å². The number of fused-ring (bicyclic) bond motifs is 1. The van der Waals surface area contributed by atoms with Gasteiger partial charge in [-0.3, -0.25) is 19.2 Å². The highest BCUT2D eigenvalue weighted by Crippen LogP contribution is 2.65. The van der Waals surface area contributed by atoms with Crippen molar-refractivity contribution in [2.45, 2.75) is 147 Å². The highest BCUT2D eigenvalue weighted by molar-refractivity contribution is 5.89. The normalized spacial score (nSPS) is 40.4. The van der Waals surface area contributed by atoms with Gasteiger partial charge in [0.1, 0.15) is 23.9 Å². The number of hydrogen-bond donors (Lipinski definition) is 2. The first kappa shape index (κ1) is 36.5. The Morgan fingerprint density at radius 3 is 2.13 bits per heavy atom. The topological polar surface area (TPSA) is 184 Å². The highest BCUT2D eigenvalue weighted by Gasteiger charge is 2.88. The molecule has 0 radical (unpaired) electrons. The summed E-state index contributed by atoms with van der Waals surface area (Å²) >= 11 is 0. The predicted octanol–water partition coefficient (Wildman–Crippen LogP) is 3.12. The van der Waals surface area contributed by atoms with E-state index in [1.54, 1.807) is 13.0 Å². The van der Waals surface area contributed by atoms with Crippen LogP contribution in [0.25, 0.3) is 0 Å². The number of ether oxygens (including phenoxy) is 6. The largest absolute Gasteiger partial charge is 0.461 e. The number of unbranched alkanes of at least 4 members (excludes halogenated alkanes) is 4. The summed E-state index contributed by atoms with van der Waals surface area (Å²) in [6.45, 7) is 11.5. The number of carbonyl (C=O) groups excluding carboxylic acids is 5. The Bertz CT molecular complexity index is 1350. The molecule has 2 fully saturated rings. The Morgan fingerprint density at radius 1 is 0.936 bits per heavy atom. The summed E-state index contributed by atoms with van der Waals surface area (Å²) in [7, 11) is 0. The number of hydrogen-bond acceptors (Lipinski definition) is 13. The molecule has 1 spiro atoms. The fourth-order valence-corrected chi connectivity index (χ4v) is 7.66.